The number of amides is 4. The molecule has 4 amide bonds. The third kappa shape index (κ3) is 13.2. The van der Waals surface area contributed by atoms with E-state index in [9.17, 15) is 19.2 Å². The fourth-order valence-corrected chi connectivity index (χ4v) is 4.93. The van der Waals surface area contributed by atoms with Crippen LogP contribution in [0.5, 0.6) is 11.5 Å². The van der Waals surface area contributed by atoms with E-state index in [0.29, 0.717) is 6.42 Å². The molecule has 0 unspecified atom stereocenters. The lowest BCUT2D eigenvalue weighted by molar-refractivity contribution is -0.145. The van der Waals surface area contributed by atoms with Crippen molar-refractivity contribution in [3.63, 3.8) is 0 Å². The topological polar surface area (TPSA) is 118 Å². The quantitative estimate of drug-likeness (QED) is 0.265. The first-order valence-corrected chi connectivity index (χ1v) is 15.3. The molecule has 1 rings (SSSR count). The van der Waals surface area contributed by atoms with E-state index in [1.807, 2.05) is 18.2 Å². The van der Waals surface area contributed by atoms with Crippen molar-refractivity contribution in [2.45, 2.75) is 70.3 Å². The Morgan fingerprint density at radius 3 is 2.21 bits per heavy atom. The Hall–Kier alpha value is -3.15. The number of unbranched alkanes of at least 4 members (excludes halogenated alkanes) is 2. The molecule has 0 aromatic heterocycles. The molecule has 0 bridgehead atoms. The monoisotopic (exact) mass is 610 g/mol. The summed E-state index contributed by atoms with van der Waals surface area (Å²) in [5, 5.41) is 2.53. The van der Waals surface area contributed by atoms with Crippen LogP contribution in [0.1, 0.15) is 58.4 Å². The molecule has 11 nitrogen and oxygen atoms in total. The first kappa shape index (κ1) is 36.9. The van der Waals surface area contributed by atoms with Gasteiger partial charge < -0.3 is 34.2 Å². The summed E-state index contributed by atoms with van der Waals surface area (Å²) < 4.78 is 16.1. The summed E-state index contributed by atoms with van der Waals surface area (Å²) in [5.74, 6) is 2.44. The number of nitrogens with one attached hydrogen (secondary N) is 1. The fraction of sp³-hybridized carbons (Fsp3) is 0.667. The van der Waals surface area contributed by atoms with Gasteiger partial charge in [-0.15, -0.1) is 0 Å². The molecule has 1 aromatic rings. The molecule has 0 aliphatic heterocycles. The zero-order valence-corrected chi connectivity index (χ0v) is 27.6. The summed E-state index contributed by atoms with van der Waals surface area (Å²) in [7, 11) is 9.52. The van der Waals surface area contributed by atoms with Gasteiger partial charge in [0.05, 0.1) is 20.6 Å². The third-order valence-electron chi connectivity index (χ3n) is 6.59. The number of benzene rings is 1. The zero-order chi connectivity index (χ0) is 31.9. The molecule has 12 heteroatoms. The van der Waals surface area contributed by atoms with E-state index in [2.05, 4.69) is 5.32 Å². The highest BCUT2D eigenvalue weighted by atomic mass is 32.2. The molecule has 0 saturated carbocycles. The van der Waals surface area contributed by atoms with Crippen molar-refractivity contribution >= 4 is 35.6 Å². The molecular formula is C30H50N4O7S. The van der Waals surface area contributed by atoms with Gasteiger partial charge in [0.1, 0.15) is 23.1 Å². The molecule has 0 aliphatic carbocycles. The number of likely N-dealkylation sites (N-methyl/N-ethyl adjacent to an activating group) is 3. The van der Waals surface area contributed by atoms with Gasteiger partial charge in [0.2, 0.25) is 17.7 Å². The van der Waals surface area contributed by atoms with E-state index < -0.39 is 17.7 Å². The minimum Gasteiger partial charge on any atom is -0.497 e. The highest BCUT2D eigenvalue weighted by Crippen LogP contribution is 2.28. The summed E-state index contributed by atoms with van der Waals surface area (Å²) in [6, 6.07) is 4.86. The Balaban J connectivity index is 2.57. The molecular weight excluding hydrogens is 560 g/mol. The van der Waals surface area contributed by atoms with E-state index in [1.54, 1.807) is 67.9 Å². The summed E-state index contributed by atoms with van der Waals surface area (Å²) in [6.07, 6.45) is 2.17. The summed E-state index contributed by atoms with van der Waals surface area (Å²) in [5.41, 5.74) is 0.479. The second-order valence-electron chi connectivity index (χ2n) is 11.1. The second-order valence-corrected chi connectivity index (χ2v) is 12.2. The minimum atomic E-state index is -0.940. The number of ether oxygens (including phenoxy) is 3. The van der Waals surface area contributed by atoms with E-state index in [1.165, 1.54) is 21.7 Å². The van der Waals surface area contributed by atoms with Gasteiger partial charge in [0, 0.05) is 65.1 Å². The lowest BCUT2D eigenvalue weighted by atomic mass is 10.1. The van der Waals surface area contributed by atoms with E-state index in [-0.39, 0.29) is 43.7 Å². The van der Waals surface area contributed by atoms with Crippen LogP contribution in [0.25, 0.3) is 0 Å². The first-order valence-electron chi connectivity index (χ1n) is 14.2. The number of hydrogen-bond acceptors (Lipinski definition) is 8. The van der Waals surface area contributed by atoms with Crippen LogP contribution >= 0.6 is 11.8 Å². The van der Waals surface area contributed by atoms with E-state index in [4.69, 9.17) is 14.2 Å². The Morgan fingerprint density at radius 1 is 0.952 bits per heavy atom. The number of carbonyl (C=O) groups excluding carboxylic acids is 4. The Labute approximate surface area is 255 Å². The molecule has 0 aliphatic rings. The first-order chi connectivity index (χ1) is 19.7. The lowest BCUT2D eigenvalue weighted by Gasteiger charge is -2.31. The van der Waals surface area contributed by atoms with Crippen molar-refractivity contribution in [3.8, 4) is 11.5 Å². The van der Waals surface area contributed by atoms with Gasteiger partial charge in [-0.05, 0) is 45.4 Å². The molecule has 0 radical (unpaired) electrons. The van der Waals surface area contributed by atoms with Crippen LogP contribution in [0.3, 0.4) is 0 Å². The molecule has 0 saturated heterocycles. The number of thioether (sulfide) groups is 1. The van der Waals surface area contributed by atoms with Crippen LogP contribution in [-0.2, 0) is 24.9 Å². The number of nitrogens with zero attached hydrogens (tertiary/aromatic N) is 3. The average molecular weight is 611 g/mol. The summed E-state index contributed by atoms with van der Waals surface area (Å²) in [6.45, 7) is 5.81. The van der Waals surface area contributed by atoms with Crippen molar-refractivity contribution in [3.05, 3.63) is 23.8 Å². The number of hydrogen-bond donors (Lipinski definition) is 1. The van der Waals surface area contributed by atoms with Crippen LogP contribution < -0.4 is 14.8 Å². The van der Waals surface area contributed by atoms with E-state index in [0.717, 1.165) is 41.4 Å². The summed E-state index contributed by atoms with van der Waals surface area (Å²) in [4.78, 5) is 54.9. The number of methoxy groups -OCH3 is 2. The van der Waals surface area contributed by atoms with Crippen molar-refractivity contribution < 1.29 is 33.4 Å². The smallest absolute Gasteiger partial charge is 0.410 e. The van der Waals surface area contributed by atoms with Crippen LogP contribution in [0.2, 0.25) is 0 Å². The van der Waals surface area contributed by atoms with Gasteiger partial charge in [-0.25, -0.2) is 4.79 Å². The summed E-state index contributed by atoms with van der Waals surface area (Å²) >= 11 is 1.80. The van der Waals surface area contributed by atoms with Crippen molar-refractivity contribution in [1.29, 1.82) is 0 Å². The van der Waals surface area contributed by atoms with Crippen molar-refractivity contribution in [2.75, 3.05) is 61.3 Å². The standard InChI is InChI=1S/C30H50N4O7S/c1-30(2,3)41-29(38)33(6)17-16-32(5)28(37)24(20-26(35)31-4)34(7)27(36)13-11-10-12-18-42-21-22-14-15-23(39-8)19-25(22)40-9/h14-15,19,24H,10-13,16-18,20-21H2,1-9H3,(H,31,35)/t24-/m0/s1. The molecule has 238 valence electrons. The maximum atomic E-state index is 13.3. The molecule has 1 N–H and O–H groups in total. The minimum absolute atomic E-state index is 0.144. The largest absolute Gasteiger partial charge is 0.497 e. The molecule has 0 fully saturated rings. The normalized spacial score (nSPS) is 11.7. The van der Waals surface area contributed by atoms with Gasteiger partial charge in [-0.2, -0.15) is 11.8 Å². The van der Waals surface area contributed by atoms with Crippen LogP contribution in [0.4, 0.5) is 4.79 Å². The average Bonchev–Trinajstić information content (AvgIpc) is 2.95. The lowest BCUT2D eigenvalue weighted by Crippen LogP contribution is -2.51. The Bertz CT molecular complexity index is 1030. The van der Waals surface area contributed by atoms with Crippen LogP contribution in [0, 0.1) is 0 Å². The van der Waals surface area contributed by atoms with E-state index >= 15 is 0 Å². The molecule has 42 heavy (non-hydrogen) atoms. The van der Waals surface area contributed by atoms with Gasteiger partial charge >= 0.3 is 6.09 Å². The highest BCUT2D eigenvalue weighted by Gasteiger charge is 2.31. The predicted molar refractivity (Wildman–Crippen MR) is 166 cm³/mol. The van der Waals surface area contributed by atoms with Gasteiger partial charge in [0.15, 0.2) is 0 Å². The number of carbonyl (C=O) groups is 4. The predicted octanol–water partition coefficient (Wildman–Crippen LogP) is 3.79. The second kappa shape index (κ2) is 18.4. The Kier molecular flexibility index (Phi) is 16.2. The SMILES string of the molecule is CNC(=O)C[C@@H](C(=O)N(C)CCN(C)C(=O)OC(C)(C)C)N(C)C(=O)CCCCCSCc1ccc(OC)cc1OC. The van der Waals surface area contributed by atoms with Gasteiger partial charge in [-0.1, -0.05) is 12.5 Å². The molecule has 1 aromatic carbocycles. The zero-order valence-electron chi connectivity index (χ0n) is 26.8. The van der Waals surface area contributed by atoms with Crippen molar-refractivity contribution in [2.24, 2.45) is 0 Å². The molecule has 0 spiro atoms. The fourth-order valence-electron chi connectivity index (χ4n) is 3.92. The number of rotatable bonds is 17. The van der Waals surface area contributed by atoms with Gasteiger partial charge in [0.25, 0.3) is 0 Å². The maximum absolute atomic E-state index is 13.3. The van der Waals surface area contributed by atoms with Crippen LogP contribution in [-0.4, -0.2) is 111 Å². The van der Waals surface area contributed by atoms with Crippen LogP contribution in [0.15, 0.2) is 18.2 Å². The molecule has 1 atom stereocenters. The van der Waals surface area contributed by atoms with Gasteiger partial charge in [-0.3, -0.25) is 14.4 Å². The Morgan fingerprint density at radius 2 is 1.62 bits per heavy atom. The van der Waals surface area contributed by atoms with Crippen molar-refractivity contribution in [1.82, 2.24) is 20.0 Å². The maximum Gasteiger partial charge on any atom is 0.410 e. The third-order valence-corrected chi connectivity index (χ3v) is 7.68. The highest BCUT2D eigenvalue weighted by molar-refractivity contribution is 7.98. The molecule has 0 heterocycles.